The minimum atomic E-state index is 0.167. The van der Waals surface area contributed by atoms with Gasteiger partial charge in [-0.05, 0) is 38.3 Å². The molecule has 0 radical (unpaired) electrons. The summed E-state index contributed by atoms with van der Waals surface area (Å²) in [5, 5.41) is 0. The first-order valence-corrected chi connectivity index (χ1v) is 6.76. The second-order valence-corrected chi connectivity index (χ2v) is 5.09. The van der Waals surface area contributed by atoms with Crippen LogP contribution in [0.3, 0.4) is 0 Å². The lowest BCUT2D eigenvalue weighted by atomic mass is 9.78. The van der Waals surface area contributed by atoms with E-state index >= 15 is 0 Å². The highest BCUT2D eigenvalue weighted by molar-refractivity contribution is 5.20. The highest BCUT2D eigenvalue weighted by Crippen LogP contribution is 2.38. The van der Waals surface area contributed by atoms with E-state index in [9.17, 15) is 0 Å². The fraction of sp³-hybridized carbons (Fsp3) is 0.600. The molecule has 2 N–H and O–H groups in total. The van der Waals surface area contributed by atoms with Crippen LogP contribution in [0, 0.1) is 5.41 Å². The van der Waals surface area contributed by atoms with E-state index in [4.69, 9.17) is 15.2 Å². The van der Waals surface area contributed by atoms with Crippen molar-refractivity contribution in [2.45, 2.75) is 32.3 Å². The van der Waals surface area contributed by atoms with Gasteiger partial charge < -0.3 is 15.2 Å². The molecule has 0 saturated carbocycles. The zero-order chi connectivity index (χ0) is 12.8. The SMILES string of the molecule is CC1OCCC1(CN)CCCOc1ccccc1. The van der Waals surface area contributed by atoms with Crippen molar-refractivity contribution < 1.29 is 9.47 Å². The molecule has 1 aromatic carbocycles. The monoisotopic (exact) mass is 249 g/mol. The van der Waals surface area contributed by atoms with Gasteiger partial charge in [-0.2, -0.15) is 0 Å². The molecule has 3 heteroatoms. The van der Waals surface area contributed by atoms with E-state index in [1.807, 2.05) is 30.3 Å². The van der Waals surface area contributed by atoms with Crippen molar-refractivity contribution in [2.75, 3.05) is 19.8 Å². The van der Waals surface area contributed by atoms with Crippen molar-refractivity contribution in [2.24, 2.45) is 11.1 Å². The van der Waals surface area contributed by atoms with Gasteiger partial charge in [-0.15, -0.1) is 0 Å². The van der Waals surface area contributed by atoms with Gasteiger partial charge in [-0.1, -0.05) is 18.2 Å². The van der Waals surface area contributed by atoms with Gasteiger partial charge in [0.15, 0.2) is 0 Å². The van der Waals surface area contributed by atoms with Crippen LogP contribution < -0.4 is 10.5 Å². The number of para-hydroxylation sites is 1. The minimum absolute atomic E-state index is 0.167. The van der Waals surface area contributed by atoms with Crippen molar-refractivity contribution in [1.82, 2.24) is 0 Å². The summed E-state index contributed by atoms with van der Waals surface area (Å²) in [6.45, 7) is 4.44. The third-order valence-corrected chi connectivity index (χ3v) is 4.07. The fourth-order valence-corrected chi connectivity index (χ4v) is 2.65. The molecule has 2 unspecified atom stereocenters. The smallest absolute Gasteiger partial charge is 0.119 e. The summed E-state index contributed by atoms with van der Waals surface area (Å²) >= 11 is 0. The predicted molar refractivity (Wildman–Crippen MR) is 72.7 cm³/mol. The maximum atomic E-state index is 5.93. The molecule has 2 rings (SSSR count). The lowest BCUT2D eigenvalue weighted by molar-refractivity contribution is 0.0598. The summed E-state index contributed by atoms with van der Waals surface area (Å²) in [5.74, 6) is 0.940. The summed E-state index contributed by atoms with van der Waals surface area (Å²) in [4.78, 5) is 0. The molecule has 1 aliphatic rings. The van der Waals surface area contributed by atoms with Crippen LogP contribution in [0.2, 0.25) is 0 Å². The maximum absolute atomic E-state index is 5.93. The summed E-state index contributed by atoms with van der Waals surface area (Å²) < 4.78 is 11.4. The maximum Gasteiger partial charge on any atom is 0.119 e. The molecule has 3 nitrogen and oxygen atoms in total. The van der Waals surface area contributed by atoms with Gasteiger partial charge in [0, 0.05) is 18.6 Å². The standard InChI is InChI=1S/C15H23NO2/c1-13-15(12-16,9-11-17-13)8-5-10-18-14-6-3-2-4-7-14/h2-4,6-7,13H,5,8-12,16H2,1H3. The second kappa shape index (κ2) is 6.21. The van der Waals surface area contributed by atoms with Crippen LogP contribution in [0.15, 0.2) is 30.3 Å². The van der Waals surface area contributed by atoms with Gasteiger partial charge in [0.1, 0.15) is 5.75 Å². The second-order valence-electron chi connectivity index (χ2n) is 5.09. The molecule has 1 aliphatic heterocycles. The Balaban J connectivity index is 1.75. The first-order valence-electron chi connectivity index (χ1n) is 6.76. The van der Waals surface area contributed by atoms with Crippen molar-refractivity contribution in [3.05, 3.63) is 30.3 Å². The van der Waals surface area contributed by atoms with E-state index in [1.165, 1.54) is 0 Å². The van der Waals surface area contributed by atoms with E-state index in [0.717, 1.165) is 38.2 Å². The largest absolute Gasteiger partial charge is 0.494 e. The van der Waals surface area contributed by atoms with Crippen LogP contribution >= 0.6 is 0 Å². The molecule has 100 valence electrons. The highest BCUT2D eigenvalue weighted by Gasteiger charge is 2.39. The molecule has 1 aromatic rings. The van der Waals surface area contributed by atoms with Crippen LogP contribution in [-0.4, -0.2) is 25.9 Å². The number of hydrogen-bond donors (Lipinski definition) is 1. The normalized spacial score (nSPS) is 27.3. The lowest BCUT2D eigenvalue weighted by Gasteiger charge is -2.30. The summed E-state index contributed by atoms with van der Waals surface area (Å²) in [7, 11) is 0. The van der Waals surface area contributed by atoms with E-state index in [1.54, 1.807) is 0 Å². The molecule has 1 fully saturated rings. The first-order chi connectivity index (χ1) is 8.77. The Hall–Kier alpha value is -1.06. The van der Waals surface area contributed by atoms with E-state index < -0.39 is 0 Å². The number of ether oxygens (including phenoxy) is 2. The van der Waals surface area contributed by atoms with Gasteiger partial charge in [-0.25, -0.2) is 0 Å². The van der Waals surface area contributed by atoms with Crippen LogP contribution in [-0.2, 0) is 4.74 Å². The summed E-state index contributed by atoms with van der Waals surface area (Å²) in [6.07, 6.45) is 3.46. The molecule has 0 bridgehead atoms. The van der Waals surface area contributed by atoms with Crippen LogP contribution in [0.1, 0.15) is 26.2 Å². The molecule has 18 heavy (non-hydrogen) atoms. The number of benzene rings is 1. The highest BCUT2D eigenvalue weighted by atomic mass is 16.5. The zero-order valence-corrected chi connectivity index (χ0v) is 11.1. The number of rotatable bonds is 6. The quantitative estimate of drug-likeness (QED) is 0.788. The van der Waals surface area contributed by atoms with Crippen molar-refractivity contribution in [3.8, 4) is 5.75 Å². The fourth-order valence-electron chi connectivity index (χ4n) is 2.65. The van der Waals surface area contributed by atoms with Crippen molar-refractivity contribution >= 4 is 0 Å². The van der Waals surface area contributed by atoms with Gasteiger partial charge in [0.05, 0.1) is 12.7 Å². The van der Waals surface area contributed by atoms with Gasteiger partial charge >= 0.3 is 0 Å². The van der Waals surface area contributed by atoms with Gasteiger partial charge in [0.2, 0.25) is 0 Å². The van der Waals surface area contributed by atoms with Crippen LogP contribution in [0.25, 0.3) is 0 Å². The molecule has 0 spiro atoms. The molecule has 1 saturated heterocycles. The minimum Gasteiger partial charge on any atom is -0.494 e. The molecule has 0 amide bonds. The Morgan fingerprint density at radius 3 is 2.78 bits per heavy atom. The average molecular weight is 249 g/mol. The third kappa shape index (κ3) is 3.03. The van der Waals surface area contributed by atoms with Gasteiger partial charge in [-0.3, -0.25) is 0 Å². The summed E-state index contributed by atoms with van der Waals surface area (Å²) in [6, 6.07) is 9.95. The summed E-state index contributed by atoms with van der Waals surface area (Å²) in [5.41, 5.74) is 6.10. The van der Waals surface area contributed by atoms with E-state index in [0.29, 0.717) is 6.54 Å². The Morgan fingerprint density at radius 2 is 2.17 bits per heavy atom. The topological polar surface area (TPSA) is 44.5 Å². The predicted octanol–water partition coefficient (Wildman–Crippen LogP) is 2.60. The Bertz CT molecular complexity index is 355. The van der Waals surface area contributed by atoms with Gasteiger partial charge in [0.25, 0.3) is 0 Å². The molecule has 1 heterocycles. The Labute approximate surface area is 109 Å². The van der Waals surface area contributed by atoms with Crippen molar-refractivity contribution in [1.29, 1.82) is 0 Å². The van der Waals surface area contributed by atoms with E-state index in [2.05, 4.69) is 6.92 Å². The van der Waals surface area contributed by atoms with E-state index in [-0.39, 0.29) is 11.5 Å². The molecular formula is C15H23NO2. The zero-order valence-electron chi connectivity index (χ0n) is 11.1. The molecular weight excluding hydrogens is 226 g/mol. The number of hydrogen-bond acceptors (Lipinski definition) is 3. The molecule has 2 atom stereocenters. The first kappa shape index (κ1) is 13.4. The van der Waals surface area contributed by atoms with Crippen LogP contribution in [0.5, 0.6) is 5.75 Å². The van der Waals surface area contributed by atoms with Crippen molar-refractivity contribution in [3.63, 3.8) is 0 Å². The lowest BCUT2D eigenvalue weighted by Crippen LogP contribution is -2.37. The molecule has 0 aromatic heterocycles. The molecule has 0 aliphatic carbocycles. The van der Waals surface area contributed by atoms with Crippen LogP contribution in [0.4, 0.5) is 0 Å². The third-order valence-electron chi connectivity index (χ3n) is 4.07. The number of nitrogens with two attached hydrogens (primary N) is 1. The Morgan fingerprint density at radius 1 is 1.39 bits per heavy atom. The Kier molecular flexibility index (Phi) is 4.61. The average Bonchev–Trinajstić information content (AvgIpc) is 2.78.